The number of hydrogen-bond donors (Lipinski definition) is 3. The van der Waals surface area contributed by atoms with Gasteiger partial charge in [0.1, 0.15) is 6.04 Å². The van der Waals surface area contributed by atoms with Gasteiger partial charge in [-0.15, -0.1) is 11.3 Å². The molecule has 0 aliphatic heterocycles. The number of carbonyl (C=O) groups is 1. The average molecular weight is 300 g/mol. The first-order valence-corrected chi connectivity index (χ1v) is 7.07. The molecule has 2 aromatic heterocycles. The molecule has 4 N–H and O–H groups in total. The Morgan fingerprint density at radius 1 is 1.38 bits per heavy atom. The van der Waals surface area contributed by atoms with Gasteiger partial charge < -0.3 is 16.2 Å². The van der Waals surface area contributed by atoms with Gasteiger partial charge in [0.2, 0.25) is 0 Å². The van der Waals surface area contributed by atoms with Gasteiger partial charge in [-0.1, -0.05) is 18.2 Å². The molecular formula is C14H12N4O2S. The molecule has 3 aromatic rings. The lowest BCUT2D eigenvalue weighted by atomic mass is 10.2. The number of nitrogens with two attached hydrogens (primary N) is 1. The van der Waals surface area contributed by atoms with E-state index in [4.69, 9.17) is 10.8 Å². The lowest BCUT2D eigenvalue weighted by Crippen LogP contribution is -2.20. The molecule has 1 atom stereocenters. The molecule has 0 saturated heterocycles. The number of carboxylic acids is 1. The first-order chi connectivity index (χ1) is 10.1. The van der Waals surface area contributed by atoms with Crippen molar-refractivity contribution in [3.63, 3.8) is 0 Å². The SMILES string of the molecule is NC(C(=O)O)c1csc(Nc2cnc3ccccc3c2)n1. The van der Waals surface area contributed by atoms with Crippen molar-refractivity contribution in [2.24, 2.45) is 5.73 Å². The molecule has 0 radical (unpaired) electrons. The lowest BCUT2D eigenvalue weighted by molar-refractivity contribution is -0.138. The van der Waals surface area contributed by atoms with Gasteiger partial charge >= 0.3 is 5.97 Å². The van der Waals surface area contributed by atoms with Crippen LogP contribution in [0.25, 0.3) is 10.9 Å². The summed E-state index contributed by atoms with van der Waals surface area (Å²) in [5.41, 5.74) is 7.56. The van der Waals surface area contributed by atoms with Crippen LogP contribution in [0.15, 0.2) is 41.9 Å². The number of hydrogen-bond acceptors (Lipinski definition) is 6. The highest BCUT2D eigenvalue weighted by molar-refractivity contribution is 7.13. The molecule has 0 aliphatic rings. The number of pyridine rings is 1. The Balaban J connectivity index is 1.83. The highest BCUT2D eigenvalue weighted by Crippen LogP contribution is 2.24. The van der Waals surface area contributed by atoms with Crippen LogP contribution in [0.3, 0.4) is 0 Å². The molecule has 6 nitrogen and oxygen atoms in total. The van der Waals surface area contributed by atoms with Crippen molar-refractivity contribution in [2.45, 2.75) is 6.04 Å². The van der Waals surface area contributed by atoms with E-state index in [1.54, 1.807) is 11.6 Å². The van der Waals surface area contributed by atoms with Gasteiger partial charge in [-0.3, -0.25) is 9.78 Å². The van der Waals surface area contributed by atoms with Crippen LogP contribution in [-0.4, -0.2) is 21.0 Å². The second-order valence-corrected chi connectivity index (χ2v) is 5.29. The Labute approximate surface area is 124 Å². The third kappa shape index (κ3) is 2.83. The molecule has 1 unspecified atom stereocenters. The molecule has 3 rings (SSSR count). The number of aliphatic carboxylic acids is 1. The lowest BCUT2D eigenvalue weighted by Gasteiger charge is -2.04. The van der Waals surface area contributed by atoms with Gasteiger partial charge in [-0.2, -0.15) is 0 Å². The molecule has 1 aromatic carbocycles. The molecule has 106 valence electrons. The van der Waals surface area contributed by atoms with Crippen molar-refractivity contribution < 1.29 is 9.90 Å². The molecular weight excluding hydrogens is 288 g/mol. The highest BCUT2D eigenvalue weighted by Gasteiger charge is 2.17. The van der Waals surface area contributed by atoms with Crippen LogP contribution in [0, 0.1) is 0 Å². The molecule has 0 saturated carbocycles. The Bertz CT molecular complexity index is 802. The van der Waals surface area contributed by atoms with Crippen LogP contribution >= 0.6 is 11.3 Å². The van der Waals surface area contributed by atoms with Crippen LogP contribution in [0.1, 0.15) is 11.7 Å². The van der Waals surface area contributed by atoms with Crippen LogP contribution in [-0.2, 0) is 4.79 Å². The standard InChI is InChI=1S/C14H12N4O2S/c15-12(13(19)20)11-7-21-14(18-11)17-9-5-8-3-1-2-4-10(8)16-6-9/h1-7,12H,15H2,(H,17,18)(H,19,20). The monoisotopic (exact) mass is 300 g/mol. The predicted molar refractivity (Wildman–Crippen MR) is 81.7 cm³/mol. The van der Waals surface area contributed by atoms with E-state index in [0.29, 0.717) is 10.8 Å². The van der Waals surface area contributed by atoms with Crippen molar-refractivity contribution >= 4 is 39.0 Å². The minimum absolute atomic E-state index is 0.337. The zero-order valence-electron chi connectivity index (χ0n) is 10.9. The van der Waals surface area contributed by atoms with E-state index >= 15 is 0 Å². The Morgan fingerprint density at radius 2 is 2.19 bits per heavy atom. The van der Waals surface area contributed by atoms with Gasteiger partial charge in [0.05, 0.1) is 23.1 Å². The summed E-state index contributed by atoms with van der Waals surface area (Å²) in [5.74, 6) is -1.10. The predicted octanol–water partition coefficient (Wildman–Crippen LogP) is 2.52. The summed E-state index contributed by atoms with van der Waals surface area (Å²) >= 11 is 1.30. The number of para-hydroxylation sites is 1. The van der Waals surface area contributed by atoms with Gasteiger partial charge in [0, 0.05) is 10.8 Å². The average Bonchev–Trinajstić information content (AvgIpc) is 2.94. The van der Waals surface area contributed by atoms with Crippen LogP contribution in [0.4, 0.5) is 10.8 Å². The van der Waals surface area contributed by atoms with E-state index in [0.717, 1.165) is 16.6 Å². The molecule has 7 heteroatoms. The van der Waals surface area contributed by atoms with Crippen molar-refractivity contribution in [3.05, 3.63) is 47.6 Å². The second-order valence-electron chi connectivity index (χ2n) is 4.44. The van der Waals surface area contributed by atoms with E-state index in [9.17, 15) is 4.79 Å². The molecule has 0 spiro atoms. The summed E-state index contributed by atoms with van der Waals surface area (Å²) < 4.78 is 0. The van der Waals surface area contributed by atoms with E-state index in [1.807, 2.05) is 30.3 Å². The van der Waals surface area contributed by atoms with Crippen molar-refractivity contribution in [1.29, 1.82) is 0 Å². The van der Waals surface area contributed by atoms with Crippen molar-refractivity contribution in [2.75, 3.05) is 5.32 Å². The van der Waals surface area contributed by atoms with Crippen LogP contribution in [0.2, 0.25) is 0 Å². The number of thiazole rings is 1. The largest absolute Gasteiger partial charge is 0.480 e. The van der Waals surface area contributed by atoms with E-state index in [1.165, 1.54) is 11.3 Å². The van der Waals surface area contributed by atoms with Gasteiger partial charge in [-0.25, -0.2) is 4.98 Å². The summed E-state index contributed by atoms with van der Waals surface area (Å²) in [4.78, 5) is 19.3. The molecule has 0 aliphatic carbocycles. The number of carboxylic acid groups (broad SMARTS) is 1. The smallest absolute Gasteiger partial charge is 0.326 e. The fourth-order valence-electron chi connectivity index (χ4n) is 1.88. The first kappa shape index (κ1) is 13.5. The quantitative estimate of drug-likeness (QED) is 0.684. The summed E-state index contributed by atoms with van der Waals surface area (Å²) in [6.07, 6.45) is 1.71. The van der Waals surface area contributed by atoms with Crippen LogP contribution in [0.5, 0.6) is 0 Å². The Morgan fingerprint density at radius 3 is 3.00 bits per heavy atom. The van der Waals surface area contributed by atoms with Crippen molar-refractivity contribution in [1.82, 2.24) is 9.97 Å². The number of nitrogens with one attached hydrogen (secondary N) is 1. The summed E-state index contributed by atoms with van der Waals surface area (Å²) in [5, 5.41) is 15.2. The third-order valence-corrected chi connectivity index (χ3v) is 3.72. The topological polar surface area (TPSA) is 101 Å². The van der Waals surface area contributed by atoms with Crippen molar-refractivity contribution in [3.8, 4) is 0 Å². The minimum Gasteiger partial charge on any atom is -0.480 e. The first-order valence-electron chi connectivity index (χ1n) is 6.19. The number of aromatic nitrogens is 2. The fourth-order valence-corrected chi connectivity index (χ4v) is 2.64. The Kier molecular flexibility index (Phi) is 3.51. The molecule has 0 fully saturated rings. The maximum Gasteiger partial charge on any atom is 0.326 e. The number of fused-ring (bicyclic) bond motifs is 1. The molecule has 0 amide bonds. The third-order valence-electron chi connectivity index (χ3n) is 2.95. The molecule has 0 bridgehead atoms. The highest BCUT2D eigenvalue weighted by atomic mass is 32.1. The summed E-state index contributed by atoms with van der Waals surface area (Å²) in [7, 11) is 0. The normalized spacial score (nSPS) is 12.2. The van der Waals surface area contributed by atoms with E-state index in [2.05, 4.69) is 15.3 Å². The van der Waals surface area contributed by atoms with Crippen LogP contribution < -0.4 is 11.1 Å². The zero-order valence-corrected chi connectivity index (χ0v) is 11.7. The second kappa shape index (κ2) is 5.47. The molecule has 21 heavy (non-hydrogen) atoms. The maximum absolute atomic E-state index is 10.8. The summed E-state index contributed by atoms with van der Waals surface area (Å²) in [6.45, 7) is 0. The maximum atomic E-state index is 10.8. The fraction of sp³-hybridized carbons (Fsp3) is 0.0714. The van der Waals surface area contributed by atoms with Gasteiger partial charge in [-0.05, 0) is 12.1 Å². The van der Waals surface area contributed by atoms with Gasteiger partial charge in [0.25, 0.3) is 0 Å². The van der Waals surface area contributed by atoms with E-state index < -0.39 is 12.0 Å². The summed E-state index contributed by atoms with van der Waals surface area (Å²) in [6, 6.07) is 8.64. The number of benzene rings is 1. The minimum atomic E-state index is -1.11. The Hall–Kier alpha value is -2.51. The zero-order chi connectivity index (χ0) is 14.8. The van der Waals surface area contributed by atoms with E-state index in [-0.39, 0.29) is 0 Å². The number of anilines is 2. The number of nitrogens with zero attached hydrogens (tertiary/aromatic N) is 2. The number of rotatable bonds is 4. The van der Waals surface area contributed by atoms with Gasteiger partial charge in [0.15, 0.2) is 5.13 Å². The molecule has 2 heterocycles.